The molecule has 1 heterocycles. The van der Waals surface area contributed by atoms with Crippen molar-refractivity contribution in [3.63, 3.8) is 0 Å². The molecule has 0 radical (unpaired) electrons. The highest BCUT2D eigenvalue weighted by molar-refractivity contribution is 6.30. The van der Waals surface area contributed by atoms with Gasteiger partial charge in [-0.1, -0.05) is 23.7 Å². The van der Waals surface area contributed by atoms with E-state index in [1.165, 1.54) is 6.20 Å². The van der Waals surface area contributed by atoms with Crippen molar-refractivity contribution in [3.8, 4) is 0 Å². The van der Waals surface area contributed by atoms with Crippen LogP contribution in [0, 0.1) is 0 Å². The highest BCUT2D eigenvalue weighted by atomic mass is 35.5. The topological polar surface area (TPSA) is 36.4 Å². The molecule has 5 heteroatoms. The number of nitrogens with zero attached hydrogens (tertiary/aromatic N) is 3. The van der Waals surface area contributed by atoms with Gasteiger partial charge in [0.2, 0.25) is 0 Å². The van der Waals surface area contributed by atoms with Crippen molar-refractivity contribution in [1.82, 2.24) is 9.88 Å². The average Bonchev–Trinajstić information content (AvgIpc) is 2.47. The van der Waals surface area contributed by atoms with Crippen LogP contribution in [-0.4, -0.2) is 36.9 Å². The van der Waals surface area contributed by atoms with Gasteiger partial charge in [-0.25, -0.2) is 0 Å². The minimum absolute atomic E-state index is 0.144. The van der Waals surface area contributed by atoms with E-state index in [1.807, 2.05) is 43.3 Å². The molecular formula is C16H18ClN3O. The number of rotatable bonds is 4. The fourth-order valence-electron chi connectivity index (χ4n) is 1.96. The molecule has 0 spiro atoms. The normalized spacial score (nSPS) is 10.3. The summed E-state index contributed by atoms with van der Waals surface area (Å²) < 4.78 is 0. The van der Waals surface area contributed by atoms with Gasteiger partial charge in [0.25, 0.3) is 5.91 Å². The van der Waals surface area contributed by atoms with Gasteiger partial charge in [0.05, 0.1) is 0 Å². The number of hydrogen-bond donors (Lipinski definition) is 0. The molecule has 0 saturated heterocycles. The van der Waals surface area contributed by atoms with Gasteiger partial charge in [-0.3, -0.25) is 9.78 Å². The standard InChI is InChI=1S/C16H18ClN3O/c1-19(2)14-6-4-12(5-7-14)11-20(3)16(21)15-10-13(17)8-9-18-15/h4-10H,11H2,1-3H3. The van der Waals surface area contributed by atoms with Crippen LogP contribution in [0.3, 0.4) is 0 Å². The number of aromatic nitrogens is 1. The molecule has 21 heavy (non-hydrogen) atoms. The number of carbonyl (C=O) groups is 1. The zero-order valence-electron chi connectivity index (χ0n) is 12.4. The highest BCUT2D eigenvalue weighted by Gasteiger charge is 2.13. The van der Waals surface area contributed by atoms with Gasteiger partial charge in [-0.2, -0.15) is 0 Å². The molecule has 1 aromatic carbocycles. The molecule has 0 unspecified atom stereocenters. The lowest BCUT2D eigenvalue weighted by molar-refractivity contribution is 0.0779. The van der Waals surface area contributed by atoms with Crippen molar-refractivity contribution in [2.75, 3.05) is 26.0 Å². The van der Waals surface area contributed by atoms with Crippen molar-refractivity contribution in [3.05, 3.63) is 58.9 Å². The summed E-state index contributed by atoms with van der Waals surface area (Å²) in [4.78, 5) is 20.0. The van der Waals surface area contributed by atoms with Gasteiger partial charge >= 0.3 is 0 Å². The van der Waals surface area contributed by atoms with E-state index in [1.54, 1.807) is 24.1 Å². The molecular weight excluding hydrogens is 286 g/mol. The van der Waals surface area contributed by atoms with Gasteiger partial charge in [-0.15, -0.1) is 0 Å². The molecule has 0 aliphatic carbocycles. The Morgan fingerprint density at radius 3 is 2.38 bits per heavy atom. The predicted octanol–water partition coefficient (Wildman–Crippen LogP) is 3.07. The molecule has 0 fully saturated rings. The Morgan fingerprint density at radius 2 is 1.81 bits per heavy atom. The Labute approximate surface area is 130 Å². The lowest BCUT2D eigenvalue weighted by Crippen LogP contribution is -2.27. The summed E-state index contributed by atoms with van der Waals surface area (Å²) in [5.74, 6) is -0.144. The minimum Gasteiger partial charge on any atom is -0.378 e. The number of benzene rings is 1. The van der Waals surface area contributed by atoms with Crippen LogP contribution in [-0.2, 0) is 6.54 Å². The van der Waals surface area contributed by atoms with Crippen LogP contribution in [0.15, 0.2) is 42.6 Å². The van der Waals surface area contributed by atoms with E-state index in [4.69, 9.17) is 11.6 Å². The number of pyridine rings is 1. The van der Waals surface area contributed by atoms with Gasteiger partial charge < -0.3 is 9.80 Å². The molecule has 1 aromatic heterocycles. The molecule has 1 amide bonds. The Bertz CT molecular complexity index is 626. The molecule has 110 valence electrons. The van der Waals surface area contributed by atoms with Crippen molar-refractivity contribution >= 4 is 23.2 Å². The molecule has 0 saturated carbocycles. The predicted molar refractivity (Wildman–Crippen MR) is 85.8 cm³/mol. The maximum atomic E-state index is 12.3. The summed E-state index contributed by atoms with van der Waals surface area (Å²) in [6.07, 6.45) is 1.54. The third-order valence-electron chi connectivity index (χ3n) is 3.16. The maximum Gasteiger partial charge on any atom is 0.272 e. The van der Waals surface area contributed by atoms with E-state index in [2.05, 4.69) is 4.98 Å². The van der Waals surface area contributed by atoms with E-state index in [9.17, 15) is 4.79 Å². The smallest absolute Gasteiger partial charge is 0.272 e. The van der Waals surface area contributed by atoms with Crippen LogP contribution >= 0.6 is 11.6 Å². The van der Waals surface area contributed by atoms with E-state index >= 15 is 0 Å². The number of halogens is 1. The summed E-state index contributed by atoms with van der Waals surface area (Å²) in [7, 11) is 5.75. The van der Waals surface area contributed by atoms with Crippen molar-refractivity contribution in [2.24, 2.45) is 0 Å². The Balaban J connectivity index is 2.07. The fraction of sp³-hybridized carbons (Fsp3) is 0.250. The average molecular weight is 304 g/mol. The molecule has 2 aromatic rings. The van der Waals surface area contributed by atoms with Crippen LogP contribution in [0.4, 0.5) is 5.69 Å². The summed E-state index contributed by atoms with van der Waals surface area (Å²) in [6, 6.07) is 11.3. The third-order valence-corrected chi connectivity index (χ3v) is 3.40. The zero-order chi connectivity index (χ0) is 15.4. The minimum atomic E-state index is -0.144. The second-order valence-corrected chi connectivity index (χ2v) is 5.52. The molecule has 0 aliphatic rings. The molecule has 0 aliphatic heterocycles. The number of carbonyl (C=O) groups excluding carboxylic acids is 1. The van der Waals surface area contributed by atoms with Crippen LogP contribution in [0.5, 0.6) is 0 Å². The highest BCUT2D eigenvalue weighted by Crippen LogP contribution is 2.15. The Morgan fingerprint density at radius 1 is 1.14 bits per heavy atom. The molecule has 0 bridgehead atoms. The first-order chi connectivity index (χ1) is 9.97. The third kappa shape index (κ3) is 3.95. The van der Waals surface area contributed by atoms with E-state index in [-0.39, 0.29) is 5.91 Å². The number of anilines is 1. The number of amides is 1. The zero-order valence-corrected chi connectivity index (χ0v) is 13.1. The first kappa shape index (κ1) is 15.3. The lowest BCUT2D eigenvalue weighted by atomic mass is 10.2. The van der Waals surface area contributed by atoms with Crippen molar-refractivity contribution < 1.29 is 4.79 Å². The quantitative estimate of drug-likeness (QED) is 0.871. The van der Waals surface area contributed by atoms with Crippen LogP contribution < -0.4 is 4.90 Å². The second kappa shape index (κ2) is 6.59. The maximum absolute atomic E-state index is 12.3. The van der Waals surface area contributed by atoms with Crippen molar-refractivity contribution in [1.29, 1.82) is 0 Å². The Hall–Kier alpha value is -2.07. The number of hydrogen-bond acceptors (Lipinski definition) is 3. The van der Waals surface area contributed by atoms with E-state index in [0.717, 1.165) is 11.3 Å². The first-order valence-electron chi connectivity index (χ1n) is 6.60. The summed E-state index contributed by atoms with van der Waals surface area (Å²) in [6.45, 7) is 0.529. The Kier molecular flexibility index (Phi) is 4.81. The molecule has 0 N–H and O–H groups in total. The SMILES string of the molecule is CN(Cc1ccc(N(C)C)cc1)C(=O)c1cc(Cl)ccn1. The summed E-state index contributed by atoms with van der Waals surface area (Å²) in [5.41, 5.74) is 2.55. The summed E-state index contributed by atoms with van der Waals surface area (Å²) >= 11 is 5.89. The van der Waals surface area contributed by atoms with Gasteiger partial charge in [0, 0.05) is 44.6 Å². The van der Waals surface area contributed by atoms with Gasteiger partial charge in [0.15, 0.2) is 0 Å². The second-order valence-electron chi connectivity index (χ2n) is 5.08. The van der Waals surface area contributed by atoms with Gasteiger partial charge in [0.1, 0.15) is 5.69 Å². The van der Waals surface area contributed by atoms with Crippen LogP contribution in [0.25, 0.3) is 0 Å². The van der Waals surface area contributed by atoms with Crippen LogP contribution in [0.2, 0.25) is 5.02 Å². The van der Waals surface area contributed by atoms with Gasteiger partial charge in [-0.05, 0) is 29.8 Å². The largest absolute Gasteiger partial charge is 0.378 e. The molecule has 4 nitrogen and oxygen atoms in total. The first-order valence-corrected chi connectivity index (χ1v) is 6.98. The molecule has 0 atom stereocenters. The summed E-state index contributed by atoms with van der Waals surface area (Å²) in [5, 5.41) is 0.511. The van der Waals surface area contributed by atoms with E-state index in [0.29, 0.717) is 17.3 Å². The van der Waals surface area contributed by atoms with Crippen LogP contribution in [0.1, 0.15) is 16.1 Å². The van der Waals surface area contributed by atoms with Crippen molar-refractivity contribution in [2.45, 2.75) is 6.54 Å². The monoisotopic (exact) mass is 303 g/mol. The fourth-order valence-corrected chi connectivity index (χ4v) is 2.12. The molecule has 2 rings (SSSR count). The lowest BCUT2D eigenvalue weighted by Gasteiger charge is -2.18. The van der Waals surface area contributed by atoms with E-state index < -0.39 is 0 Å².